The van der Waals surface area contributed by atoms with Gasteiger partial charge in [-0.05, 0) is 0 Å². The second kappa shape index (κ2) is 6.14. The van der Waals surface area contributed by atoms with Crippen LogP contribution in [0.5, 0.6) is 0 Å². The zero-order chi connectivity index (χ0) is 14.5. The van der Waals surface area contributed by atoms with E-state index in [1.54, 1.807) is 0 Å². The number of aromatic nitrogens is 3. The summed E-state index contributed by atoms with van der Waals surface area (Å²) in [6.07, 6.45) is 2.42. The van der Waals surface area contributed by atoms with Gasteiger partial charge in [-0.25, -0.2) is 4.68 Å². The van der Waals surface area contributed by atoms with E-state index in [9.17, 15) is 19.2 Å². The van der Waals surface area contributed by atoms with Gasteiger partial charge in [0, 0.05) is 13.1 Å². The van der Waals surface area contributed by atoms with Gasteiger partial charge in [0.1, 0.15) is 12.7 Å². The number of carbonyl (C=O) groups excluding carboxylic acids is 4. The Morgan fingerprint density at radius 2 is 1.95 bits per heavy atom. The third-order valence-electron chi connectivity index (χ3n) is 2.32. The Labute approximate surface area is 116 Å². The summed E-state index contributed by atoms with van der Waals surface area (Å²) in [4.78, 5) is 46.4. The Morgan fingerprint density at radius 1 is 1.25 bits per heavy atom. The standard InChI is InChI=1S/C9H10N6O4S/c16-6-3-20-9(19)15(6)2-1-10-7(17)8(18)13-14-4-11-12-5-14/h4-5H,1-3H2,(H,10,17)(H,13,18). The van der Waals surface area contributed by atoms with Crippen LogP contribution in [0.3, 0.4) is 0 Å². The second-order valence-corrected chi connectivity index (χ2v) is 4.59. The van der Waals surface area contributed by atoms with Crippen molar-refractivity contribution in [3.63, 3.8) is 0 Å². The Balaban J connectivity index is 1.73. The van der Waals surface area contributed by atoms with Crippen LogP contribution in [0.4, 0.5) is 4.79 Å². The number of rotatable bonds is 4. The molecule has 1 aliphatic rings. The molecular formula is C9H10N6O4S. The van der Waals surface area contributed by atoms with E-state index in [1.165, 1.54) is 12.7 Å². The lowest BCUT2D eigenvalue weighted by atomic mass is 10.5. The quantitative estimate of drug-likeness (QED) is 0.625. The van der Waals surface area contributed by atoms with Crippen molar-refractivity contribution in [3.8, 4) is 0 Å². The molecule has 0 aliphatic carbocycles. The molecule has 10 nitrogen and oxygen atoms in total. The minimum absolute atomic E-state index is 0.00642. The third-order valence-corrected chi connectivity index (χ3v) is 3.18. The minimum Gasteiger partial charge on any atom is -0.346 e. The molecule has 11 heteroatoms. The summed E-state index contributed by atoms with van der Waals surface area (Å²) in [6.45, 7) is 0.0444. The number of imide groups is 1. The van der Waals surface area contributed by atoms with Crippen LogP contribution in [-0.2, 0) is 14.4 Å². The first-order valence-electron chi connectivity index (χ1n) is 5.49. The summed E-state index contributed by atoms with van der Waals surface area (Å²) < 4.78 is 1.12. The van der Waals surface area contributed by atoms with Crippen LogP contribution in [-0.4, -0.2) is 61.6 Å². The van der Waals surface area contributed by atoms with E-state index < -0.39 is 11.8 Å². The fourth-order valence-electron chi connectivity index (χ4n) is 1.39. The molecule has 0 unspecified atom stereocenters. The van der Waals surface area contributed by atoms with Crippen molar-refractivity contribution in [1.29, 1.82) is 0 Å². The van der Waals surface area contributed by atoms with Crippen LogP contribution >= 0.6 is 11.8 Å². The predicted molar refractivity (Wildman–Crippen MR) is 67.0 cm³/mol. The highest BCUT2D eigenvalue weighted by Gasteiger charge is 2.29. The highest BCUT2D eigenvalue weighted by Crippen LogP contribution is 2.17. The maximum atomic E-state index is 11.4. The second-order valence-electron chi connectivity index (χ2n) is 3.67. The topological polar surface area (TPSA) is 126 Å². The van der Waals surface area contributed by atoms with Gasteiger partial charge in [0.15, 0.2) is 0 Å². The van der Waals surface area contributed by atoms with Gasteiger partial charge in [-0.3, -0.25) is 29.5 Å². The molecule has 1 fully saturated rings. The van der Waals surface area contributed by atoms with Gasteiger partial charge < -0.3 is 5.32 Å². The smallest absolute Gasteiger partial charge is 0.328 e. The fourth-order valence-corrected chi connectivity index (χ4v) is 2.14. The average molecular weight is 298 g/mol. The van der Waals surface area contributed by atoms with Gasteiger partial charge in [-0.1, -0.05) is 11.8 Å². The Hall–Kier alpha value is -2.43. The van der Waals surface area contributed by atoms with Crippen LogP contribution in [0.25, 0.3) is 0 Å². The molecule has 0 bridgehead atoms. The molecule has 4 amide bonds. The number of nitrogens with one attached hydrogen (secondary N) is 2. The van der Waals surface area contributed by atoms with Gasteiger partial charge in [-0.15, -0.1) is 10.2 Å². The molecule has 0 aromatic carbocycles. The van der Waals surface area contributed by atoms with Crippen LogP contribution in [0.15, 0.2) is 12.7 Å². The lowest BCUT2D eigenvalue weighted by Crippen LogP contribution is -2.42. The highest BCUT2D eigenvalue weighted by molar-refractivity contribution is 8.14. The molecule has 0 atom stereocenters. The van der Waals surface area contributed by atoms with Gasteiger partial charge in [0.2, 0.25) is 5.91 Å². The van der Waals surface area contributed by atoms with E-state index in [1.807, 2.05) is 0 Å². The normalized spacial score (nSPS) is 14.5. The van der Waals surface area contributed by atoms with E-state index in [-0.39, 0.29) is 30.0 Å². The molecule has 2 heterocycles. The van der Waals surface area contributed by atoms with E-state index >= 15 is 0 Å². The monoisotopic (exact) mass is 298 g/mol. The number of thioether (sulfide) groups is 1. The summed E-state index contributed by atoms with van der Waals surface area (Å²) in [6, 6.07) is 0. The van der Waals surface area contributed by atoms with Crippen LogP contribution in [0.2, 0.25) is 0 Å². The number of nitrogens with zero attached hydrogens (tertiary/aromatic N) is 4. The van der Waals surface area contributed by atoms with Gasteiger partial charge in [-0.2, -0.15) is 0 Å². The molecule has 2 rings (SSSR count). The van der Waals surface area contributed by atoms with Crippen LogP contribution in [0.1, 0.15) is 0 Å². The number of hydrogen-bond donors (Lipinski definition) is 2. The summed E-state index contributed by atoms with van der Waals surface area (Å²) >= 11 is 0.910. The first kappa shape index (κ1) is 14.0. The molecule has 1 aliphatic heterocycles. The van der Waals surface area contributed by atoms with Gasteiger partial charge in [0.25, 0.3) is 5.24 Å². The first-order chi connectivity index (χ1) is 9.58. The van der Waals surface area contributed by atoms with Crippen molar-refractivity contribution >= 4 is 34.7 Å². The average Bonchev–Trinajstić information content (AvgIpc) is 3.02. The minimum atomic E-state index is -0.904. The van der Waals surface area contributed by atoms with Gasteiger partial charge >= 0.3 is 11.8 Å². The molecule has 1 aromatic rings. The molecule has 20 heavy (non-hydrogen) atoms. The molecule has 2 N–H and O–H groups in total. The zero-order valence-corrected chi connectivity index (χ0v) is 10.9. The fraction of sp³-hybridized carbons (Fsp3) is 0.333. The largest absolute Gasteiger partial charge is 0.346 e. The number of carbonyl (C=O) groups is 4. The van der Waals surface area contributed by atoms with Crippen molar-refractivity contribution < 1.29 is 19.2 Å². The van der Waals surface area contributed by atoms with Gasteiger partial charge in [0.05, 0.1) is 5.75 Å². The maximum Gasteiger partial charge on any atom is 0.328 e. The van der Waals surface area contributed by atoms with E-state index in [0.717, 1.165) is 21.3 Å². The summed E-state index contributed by atoms with van der Waals surface area (Å²) in [7, 11) is 0. The molecule has 0 spiro atoms. The van der Waals surface area contributed by atoms with Crippen molar-refractivity contribution in [1.82, 2.24) is 25.1 Å². The molecule has 0 radical (unpaired) electrons. The van der Waals surface area contributed by atoms with Crippen LogP contribution in [0, 0.1) is 0 Å². The summed E-state index contributed by atoms with van der Waals surface area (Å²) in [5.41, 5.74) is 2.21. The number of amides is 4. The predicted octanol–water partition coefficient (Wildman–Crippen LogP) is -1.84. The van der Waals surface area contributed by atoms with Crippen molar-refractivity contribution in [2.45, 2.75) is 0 Å². The number of hydrogen-bond acceptors (Lipinski definition) is 7. The first-order valence-corrected chi connectivity index (χ1v) is 6.47. The Kier molecular flexibility index (Phi) is 4.30. The van der Waals surface area contributed by atoms with E-state index in [0.29, 0.717) is 0 Å². The van der Waals surface area contributed by atoms with E-state index in [4.69, 9.17) is 0 Å². The molecule has 0 saturated carbocycles. The molecule has 1 saturated heterocycles. The van der Waals surface area contributed by atoms with Crippen LogP contribution < -0.4 is 10.7 Å². The highest BCUT2D eigenvalue weighted by atomic mass is 32.2. The zero-order valence-electron chi connectivity index (χ0n) is 10.1. The van der Waals surface area contributed by atoms with Crippen molar-refractivity contribution in [2.24, 2.45) is 0 Å². The lowest BCUT2D eigenvalue weighted by Gasteiger charge is -2.12. The Bertz CT molecular complexity index is 529. The molecule has 1 aromatic heterocycles. The van der Waals surface area contributed by atoms with Crippen molar-refractivity contribution in [3.05, 3.63) is 12.7 Å². The van der Waals surface area contributed by atoms with Crippen molar-refractivity contribution in [2.75, 3.05) is 24.3 Å². The SMILES string of the molecule is O=C(NCCN1C(=O)CSC1=O)C(=O)Nn1cnnc1. The maximum absolute atomic E-state index is 11.4. The summed E-state index contributed by atoms with van der Waals surface area (Å²) in [5, 5.41) is 8.85. The Morgan fingerprint density at radius 3 is 2.55 bits per heavy atom. The molecular weight excluding hydrogens is 288 g/mol. The summed E-state index contributed by atoms with van der Waals surface area (Å²) in [5.74, 6) is -1.98. The lowest BCUT2D eigenvalue weighted by molar-refractivity contribution is -0.136. The molecule has 106 valence electrons. The van der Waals surface area contributed by atoms with E-state index in [2.05, 4.69) is 20.9 Å². The third kappa shape index (κ3) is 3.32.